The number of ether oxygens (including phenoxy) is 1. The molecule has 31 heavy (non-hydrogen) atoms. The van der Waals surface area contributed by atoms with Crippen molar-refractivity contribution in [1.29, 1.82) is 0 Å². The number of aromatic amines is 1. The molecule has 6 nitrogen and oxygen atoms in total. The summed E-state index contributed by atoms with van der Waals surface area (Å²) in [5.74, 6) is -1.10. The van der Waals surface area contributed by atoms with Gasteiger partial charge in [-0.2, -0.15) is 5.10 Å². The van der Waals surface area contributed by atoms with Crippen LogP contribution in [0.5, 0.6) is 5.75 Å². The summed E-state index contributed by atoms with van der Waals surface area (Å²) in [5.41, 5.74) is -1.58. The van der Waals surface area contributed by atoms with Crippen molar-refractivity contribution >= 4 is 28.9 Å². The number of nitrogens with zero attached hydrogens (tertiary/aromatic N) is 2. The first kappa shape index (κ1) is 21.0. The van der Waals surface area contributed by atoms with Crippen LogP contribution in [0.1, 0.15) is 23.2 Å². The molecule has 1 fully saturated rings. The number of nitrogens with one attached hydrogen (secondary N) is 2. The van der Waals surface area contributed by atoms with E-state index in [0.717, 1.165) is 37.8 Å². The van der Waals surface area contributed by atoms with E-state index in [1.807, 2.05) is 0 Å². The molecule has 0 unspecified atom stereocenters. The molecule has 1 aliphatic heterocycles. The third-order valence-corrected chi connectivity index (χ3v) is 4.99. The van der Waals surface area contributed by atoms with Crippen molar-refractivity contribution in [2.24, 2.45) is 0 Å². The van der Waals surface area contributed by atoms with E-state index in [2.05, 4.69) is 25.2 Å². The number of halogens is 4. The summed E-state index contributed by atoms with van der Waals surface area (Å²) in [5, 5.41) is 9.08. The summed E-state index contributed by atoms with van der Waals surface area (Å²) in [6, 6.07) is 10.4. The molecule has 2 aromatic carbocycles. The Morgan fingerprint density at radius 2 is 1.87 bits per heavy atom. The molecule has 1 amide bonds. The second-order valence-electron chi connectivity index (χ2n) is 7.05. The lowest BCUT2D eigenvalue weighted by Gasteiger charge is -2.21. The summed E-state index contributed by atoms with van der Waals surface area (Å²) < 4.78 is 43.9. The van der Waals surface area contributed by atoms with Crippen molar-refractivity contribution in [3.05, 3.63) is 60.0 Å². The van der Waals surface area contributed by atoms with Gasteiger partial charge in [0.1, 0.15) is 11.4 Å². The van der Waals surface area contributed by atoms with E-state index < -0.39 is 17.3 Å². The lowest BCUT2D eigenvalue weighted by atomic mass is 10.0. The van der Waals surface area contributed by atoms with Crippen LogP contribution in [0.25, 0.3) is 11.3 Å². The van der Waals surface area contributed by atoms with Crippen molar-refractivity contribution < 1.29 is 22.7 Å². The van der Waals surface area contributed by atoms with Gasteiger partial charge in [0.15, 0.2) is 5.82 Å². The van der Waals surface area contributed by atoms with Crippen molar-refractivity contribution in [3.8, 4) is 17.0 Å². The van der Waals surface area contributed by atoms with Gasteiger partial charge in [0.25, 0.3) is 5.91 Å². The van der Waals surface area contributed by atoms with Gasteiger partial charge in [-0.05, 0) is 55.3 Å². The Labute approximate surface area is 181 Å². The van der Waals surface area contributed by atoms with Crippen LogP contribution < -0.4 is 15.0 Å². The fourth-order valence-corrected chi connectivity index (χ4v) is 3.60. The smallest absolute Gasteiger partial charge is 0.420 e. The Morgan fingerprint density at radius 3 is 2.48 bits per heavy atom. The van der Waals surface area contributed by atoms with Crippen LogP contribution in [0, 0.1) is 5.82 Å². The van der Waals surface area contributed by atoms with Crippen molar-refractivity contribution in [1.82, 2.24) is 10.2 Å². The molecular formula is C21H18ClF3N4O2. The Hall–Kier alpha value is -3.20. The number of hydrogen-bond acceptors (Lipinski definition) is 4. The summed E-state index contributed by atoms with van der Waals surface area (Å²) in [6.07, 6.45) is 3.18. The zero-order valence-electron chi connectivity index (χ0n) is 16.2. The van der Waals surface area contributed by atoms with Crippen molar-refractivity contribution in [2.75, 3.05) is 23.3 Å². The van der Waals surface area contributed by atoms with E-state index in [-0.39, 0.29) is 11.4 Å². The maximum Gasteiger partial charge on any atom is 0.487 e. The predicted molar refractivity (Wildman–Crippen MR) is 111 cm³/mol. The molecular weight excluding hydrogens is 433 g/mol. The molecule has 0 saturated carbocycles. The minimum atomic E-state index is -3.82. The zero-order valence-corrected chi connectivity index (χ0v) is 16.9. The molecule has 2 heterocycles. The Morgan fingerprint density at radius 1 is 1.16 bits per heavy atom. The highest BCUT2D eigenvalue weighted by Crippen LogP contribution is 2.34. The van der Waals surface area contributed by atoms with E-state index >= 15 is 0 Å². The van der Waals surface area contributed by atoms with Crippen LogP contribution in [0.15, 0.2) is 48.7 Å². The van der Waals surface area contributed by atoms with Gasteiger partial charge < -0.3 is 15.0 Å². The van der Waals surface area contributed by atoms with E-state index in [9.17, 15) is 18.0 Å². The van der Waals surface area contributed by atoms with Crippen molar-refractivity contribution in [3.63, 3.8) is 0 Å². The molecule has 0 radical (unpaired) electrons. The van der Waals surface area contributed by atoms with Crippen LogP contribution >= 0.6 is 11.6 Å². The molecule has 10 heteroatoms. The lowest BCUT2D eigenvalue weighted by Crippen LogP contribution is -2.19. The predicted octanol–water partition coefficient (Wildman–Crippen LogP) is 5.24. The number of carbonyl (C=O) groups is 1. The highest BCUT2D eigenvalue weighted by atomic mass is 35.5. The first-order chi connectivity index (χ1) is 14.8. The molecule has 1 aromatic heterocycles. The third kappa shape index (κ3) is 4.93. The molecule has 4 rings (SSSR count). The average molecular weight is 451 g/mol. The first-order valence-corrected chi connectivity index (χ1v) is 9.93. The van der Waals surface area contributed by atoms with Crippen LogP contribution in [-0.4, -0.2) is 34.8 Å². The number of H-pyrrole nitrogens is 1. The number of amides is 1. The third-order valence-electron chi connectivity index (χ3n) is 4.91. The lowest BCUT2D eigenvalue weighted by molar-refractivity contribution is -0.0964. The summed E-state index contributed by atoms with van der Waals surface area (Å²) in [7, 11) is 0. The summed E-state index contributed by atoms with van der Waals surface area (Å²) in [6.45, 7) is 1.70. The average Bonchev–Trinajstić information content (AvgIpc) is 3.39. The monoisotopic (exact) mass is 450 g/mol. The van der Waals surface area contributed by atoms with Gasteiger partial charge in [-0.25, -0.2) is 4.39 Å². The largest absolute Gasteiger partial charge is 0.487 e. The number of carbonyl (C=O) groups excluding carboxylic acids is 1. The second-order valence-corrected chi connectivity index (χ2v) is 7.49. The van der Waals surface area contributed by atoms with E-state index in [1.54, 1.807) is 18.2 Å². The van der Waals surface area contributed by atoms with E-state index in [4.69, 9.17) is 11.6 Å². The first-order valence-electron chi connectivity index (χ1n) is 9.55. The molecule has 162 valence electrons. The standard InChI is InChI=1S/C21H18ClF3N4O2/c22-21(24,25)31-15-6-4-14(5-7-15)27-20(30)13-3-8-18(29-9-1-2-10-29)16(11-13)19-17(23)12-26-28-19/h3-8,11-12H,1-2,9-10H2,(H,26,28)(H,27,30). The molecule has 3 aromatic rings. The molecule has 0 spiro atoms. The second kappa shape index (κ2) is 8.50. The molecule has 2 N–H and O–H groups in total. The van der Waals surface area contributed by atoms with E-state index in [1.165, 1.54) is 24.3 Å². The number of benzene rings is 2. The van der Waals surface area contributed by atoms with Crippen molar-refractivity contribution in [2.45, 2.75) is 18.4 Å². The van der Waals surface area contributed by atoms with Gasteiger partial charge in [0.05, 0.1) is 6.20 Å². The van der Waals surface area contributed by atoms with Gasteiger partial charge >= 0.3 is 5.57 Å². The highest BCUT2D eigenvalue weighted by Gasteiger charge is 2.27. The maximum atomic E-state index is 14.2. The van der Waals surface area contributed by atoms with E-state index in [0.29, 0.717) is 16.8 Å². The molecule has 0 atom stereocenters. The Bertz CT molecular complexity index is 1080. The van der Waals surface area contributed by atoms with Gasteiger partial charge in [-0.3, -0.25) is 9.89 Å². The van der Waals surface area contributed by atoms with Crippen LogP contribution in [0.3, 0.4) is 0 Å². The summed E-state index contributed by atoms with van der Waals surface area (Å²) >= 11 is 4.74. The van der Waals surface area contributed by atoms with Gasteiger partial charge in [-0.1, -0.05) is 0 Å². The van der Waals surface area contributed by atoms with Gasteiger partial charge in [0, 0.05) is 47.2 Å². The molecule has 1 aliphatic rings. The number of alkyl halides is 3. The molecule has 1 saturated heterocycles. The van der Waals surface area contributed by atoms with Crippen LogP contribution in [-0.2, 0) is 0 Å². The van der Waals surface area contributed by atoms with Gasteiger partial charge in [0.2, 0.25) is 0 Å². The number of aromatic nitrogens is 2. The zero-order chi connectivity index (χ0) is 22.0. The number of anilines is 2. The van der Waals surface area contributed by atoms with Gasteiger partial charge in [-0.15, -0.1) is 8.78 Å². The fourth-order valence-electron chi connectivity index (χ4n) is 3.51. The van der Waals surface area contributed by atoms with Crippen LogP contribution in [0.4, 0.5) is 24.5 Å². The minimum Gasteiger partial charge on any atom is -0.420 e. The molecule has 0 aliphatic carbocycles. The Kier molecular flexibility index (Phi) is 5.77. The fraction of sp³-hybridized carbons (Fsp3) is 0.238. The quantitative estimate of drug-likeness (QED) is 0.504. The normalized spacial score (nSPS) is 14.0. The molecule has 0 bridgehead atoms. The number of rotatable bonds is 6. The topological polar surface area (TPSA) is 70.2 Å². The number of hydrogen-bond donors (Lipinski definition) is 2. The minimum absolute atomic E-state index is 0.148. The summed E-state index contributed by atoms with van der Waals surface area (Å²) in [4.78, 5) is 14.9. The van der Waals surface area contributed by atoms with Crippen LogP contribution in [0.2, 0.25) is 0 Å². The SMILES string of the molecule is O=C(Nc1ccc(OC(F)(F)Cl)cc1)c1ccc(N2CCCC2)c(-c2[nH]ncc2F)c1. The maximum absolute atomic E-state index is 14.2. The Balaban J connectivity index is 1.58. The highest BCUT2D eigenvalue weighted by molar-refractivity contribution is 6.20.